The van der Waals surface area contributed by atoms with Crippen molar-refractivity contribution in [3.05, 3.63) is 104 Å². The third-order valence-corrected chi connectivity index (χ3v) is 5.41. The summed E-state index contributed by atoms with van der Waals surface area (Å²) in [5, 5.41) is 0. The number of ether oxygens (including phenoxy) is 2. The van der Waals surface area contributed by atoms with Crippen LogP contribution in [0, 0.1) is 0 Å². The maximum absolute atomic E-state index is 12.2. The lowest BCUT2D eigenvalue weighted by molar-refractivity contribution is 0.0467. The standard InChI is InChI=1S/C24H16Br2O6/c25-19-9-5-15(6-10-19)21(27)13-31-23(29)17-1-2-18(4-3-17)24(30)32-14-22(28)16-7-11-20(26)12-8-16/h1-12H,13-14H2. The first-order valence-corrected chi connectivity index (χ1v) is 10.9. The van der Waals surface area contributed by atoms with Crippen molar-refractivity contribution < 1.29 is 28.7 Å². The van der Waals surface area contributed by atoms with Gasteiger partial charge in [0, 0.05) is 20.1 Å². The SMILES string of the molecule is O=C(COC(=O)c1ccc(C(=O)OCC(=O)c2ccc(Br)cc2)cc1)c1ccc(Br)cc1. The van der Waals surface area contributed by atoms with Gasteiger partial charge in [-0.15, -0.1) is 0 Å². The van der Waals surface area contributed by atoms with Crippen molar-refractivity contribution in [2.75, 3.05) is 13.2 Å². The molecule has 0 N–H and O–H groups in total. The average molecular weight is 560 g/mol. The predicted molar refractivity (Wildman–Crippen MR) is 124 cm³/mol. The molecule has 0 heterocycles. The monoisotopic (exact) mass is 558 g/mol. The molecular weight excluding hydrogens is 544 g/mol. The molecule has 0 bridgehead atoms. The van der Waals surface area contributed by atoms with Crippen LogP contribution in [0.3, 0.4) is 0 Å². The molecule has 0 atom stereocenters. The molecule has 0 aromatic heterocycles. The van der Waals surface area contributed by atoms with Crippen LogP contribution in [0.2, 0.25) is 0 Å². The van der Waals surface area contributed by atoms with Gasteiger partial charge in [-0.2, -0.15) is 0 Å². The zero-order valence-corrected chi connectivity index (χ0v) is 19.7. The van der Waals surface area contributed by atoms with Gasteiger partial charge in [-0.3, -0.25) is 9.59 Å². The van der Waals surface area contributed by atoms with Gasteiger partial charge in [-0.25, -0.2) is 9.59 Å². The molecule has 0 amide bonds. The Labute approximate surface area is 200 Å². The molecule has 0 unspecified atom stereocenters. The van der Waals surface area contributed by atoms with E-state index in [1.807, 2.05) is 0 Å². The molecule has 0 saturated heterocycles. The van der Waals surface area contributed by atoms with E-state index in [2.05, 4.69) is 31.9 Å². The second-order valence-electron chi connectivity index (χ2n) is 6.59. The van der Waals surface area contributed by atoms with Crippen LogP contribution in [0.4, 0.5) is 0 Å². The molecule has 0 aliphatic carbocycles. The third kappa shape index (κ3) is 6.45. The number of benzene rings is 3. The highest BCUT2D eigenvalue weighted by molar-refractivity contribution is 9.10. The minimum Gasteiger partial charge on any atom is -0.454 e. The molecule has 0 aliphatic rings. The molecule has 0 spiro atoms. The van der Waals surface area contributed by atoms with Gasteiger partial charge in [-0.1, -0.05) is 56.1 Å². The van der Waals surface area contributed by atoms with Crippen molar-refractivity contribution in [3.8, 4) is 0 Å². The van der Waals surface area contributed by atoms with E-state index in [4.69, 9.17) is 9.47 Å². The molecule has 3 aromatic carbocycles. The summed E-state index contributed by atoms with van der Waals surface area (Å²) in [5.74, 6) is -2.05. The third-order valence-electron chi connectivity index (χ3n) is 4.36. The number of Topliss-reactive ketones (excluding diaryl/α,β-unsaturated/α-hetero) is 2. The van der Waals surface area contributed by atoms with E-state index in [9.17, 15) is 19.2 Å². The average Bonchev–Trinajstić information content (AvgIpc) is 2.81. The Balaban J connectivity index is 1.51. The summed E-state index contributed by atoms with van der Waals surface area (Å²) >= 11 is 6.57. The van der Waals surface area contributed by atoms with Crippen molar-refractivity contribution in [1.82, 2.24) is 0 Å². The number of hydrogen-bond donors (Lipinski definition) is 0. The number of esters is 2. The number of ketones is 2. The fraction of sp³-hybridized carbons (Fsp3) is 0.0833. The van der Waals surface area contributed by atoms with Gasteiger partial charge in [0.2, 0.25) is 0 Å². The molecule has 162 valence electrons. The maximum atomic E-state index is 12.2. The quantitative estimate of drug-likeness (QED) is 0.275. The van der Waals surface area contributed by atoms with Crippen molar-refractivity contribution in [2.24, 2.45) is 0 Å². The summed E-state index contributed by atoms with van der Waals surface area (Å²) in [6, 6.07) is 18.9. The number of hydrogen-bond acceptors (Lipinski definition) is 6. The number of rotatable bonds is 8. The summed E-state index contributed by atoms with van der Waals surface area (Å²) in [7, 11) is 0. The number of carbonyl (C=O) groups excluding carboxylic acids is 4. The van der Waals surface area contributed by atoms with Crippen LogP contribution in [0.25, 0.3) is 0 Å². The first-order chi connectivity index (χ1) is 15.3. The molecule has 3 aromatic rings. The van der Waals surface area contributed by atoms with E-state index >= 15 is 0 Å². The Bertz CT molecular complexity index is 1040. The minimum atomic E-state index is -0.694. The predicted octanol–water partition coefficient (Wildman–Crippen LogP) is 5.29. The molecule has 3 rings (SSSR count). The van der Waals surface area contributed by atoms with E-state index in [1.165, 1.54) is 24.3 Å². The van der Waals surface area contributed by atoms with Gasteiger partial charge in [0.15, 0.2) is 24.8 Å². The van der Waals surface area contributed by atoms with Crippen LogP contribution in [-0.4, -0.2) is 36.7 Å². The first kappa shape index (κ1) is 23.6. The molecule has 8 heteroatoms. The van der Waals surface area contributed by atoms with Crippen LogP contribution in [0.5, 0.6) is 0 Å². The number of carbonyl (C=O) groups is 4. The molecular formula is C24H16Br2O6. The Kier molecular flexibility index (Phi) is 8.08. The van der Waals surface area contributed by atoms with Gasteiger partial charge >= 0.3 is 11.9 Å². The van der Waals surface area contributed by atoms with Crippen LogP contribution in [-0.2, 0) is 9.47 Å². The fourth-order valence-electron chi connectivity index (χ4n) is 2.61. The lowest BCUT2D eigenvalue weighted by Gasteiger charge is -2.07. The largest absolute Gasteiger partial charge is 0.454 e. The van der Waals surface area contributed by atoms with E-state index in [0.717, 1.165) is 8.95 Å². The zero-order chi connectivity index (χ0) is 23.1. The summed E-state index contributed by atoms with van der Waals surface area (Å²) in [6.45, 7) is -0.801. The molecule has 0 radical (unpaired) electrons. The Morgan fingerprint density at radius 1 is 0.500 bits per heavy atom. The smallest absolute Gasteiger partial charge is 0.338 e. The second kappa shape index (κ2) is 11.0. The number of halogens is 2. The lowest BCUT2D eigenvalue weighted by atomic mass is 10.1. The summed E-state index contributed by atoms with van der Waals surface area (Å²) < 4.78 is 11.8. The lowest BCUT2D eigenvalue weighted by Crippen LogP contribution is -2.15. The van der Waals surface area contributed by atoms with Crippen LogP contribution >= 0.6 is 31.9 Å². The Morgan fingerprint density at radius 3 is 1.09 bits per heavy atom. The van der Waals surface area contributed by atoms with Crippen molar-refractivity contribution in [2.45, 2.75) is 0 Å². The van der Waals surface area contributed by atoms with E-state index in [0.29, 0.717) is 11.1 Å². The minimum absolute atomic E-state index is 0.177. The van der Waals surface area contributed by atoms with Gasteiger partial charge in [0.1, 0.15) is 0 Å². The summed E-state index contributed by atoms with van der Waals surface area (Å²) in [5.41, 5.74) is 1.21. The zero-order valence-electron chi connectivity index (χ0n) is 16.5. The maximum Gasteiger partial charge on any atom is 0.338 e. The highest BCUT2D eigenvalue weighted by Gasteiger charge is 2.15. The Hall–Kier alpha value is -3.10. The molecule has 32 heavy (non-hydrogen) atoms. The van der Waals surface area contributed by atoms with Crippen LogP contribution in [0.1, 0.15) is 41.4 Å². The van der Waals surface area contributed by atoms with Crippen molar-refractivity contribution in [3.63, 3.8) is 0 Å². The molecule has 0 saturated carbocycles. The molecule has 6 nitrogen and oxygen atoms in total. The molecule has 0 aliphatic heterocycles. The summed E-state index contributed by atoms with van der Waals surface area (Å²) in [6.07, 6.45) is 0. The van der Waals surface area contributed by atoms with E-state index < -0.39 is 25.2 Å². The van der Waals surface area contributed by atoms with Gasteiger partial charge in [0.05, 0.1) is 11.1 Å². The highest BCUT2D eigenvalue weighted by atomic mass is 79.9. The van der Waals surface area contributed by atoms with Gasteiger partial charge in [0.25, 0.3) is 0 Å². The van der Waals surface area contributed by atoms with Crippen molar-refractivity contribution >= 4 is 55.4 Å². The van der Waals surface area contributed by atoms with Crippen LogP contribution in [0.15, 0.2) is 81.7 Å². The second-order valence-corrected chi connectivity index (χ2v) is 8.42. The van der Waals surface area contributed by atoms with Crippen molar-refractivity contribution in [1.29, 1.82) is 0 Å². The fourth-order valence-corrected chi connectivity index (χ4v) is 3.14. The highest BCUT2D eigenvalue weighted by Crippen LogP contribution is 2.13. The first-order valence-electron chi connectivity index (χ1n) is 9.35. The van der Waals surface area contributed by atoms with Gasteiger partial charge < -0.3 is 9.47 Å². The van der Waals surface area contributed by atoms with E-state index in [-0.39, 0.29) is 22.7 Å². The van der Waals surface area contributed by atoms with Crippen LogP contribution < -0.4 is 0 Å². The van der Waals surface area contributed by atoms with E-state index in [1.54, 1.807) is 48.5 Å². The Morgan fingerprint density at radius 2 is 0.781 bits per heavy atom. The normalized spacial score (nSPS) is 10.3. The topological polar surface area (TPSA) is 86.7 Å². The van der Waals surface area contributed by atoms with Gasteiger partial charge in [-0.05, 0) is 48.5 Å². The molecule has 0 fully saturated rings. The summed E-state index contributed by atoms with van der Waals surface area (Å²) in [4.78, 5) is 48.5.